The Hall–Kier alpha value is -2.14. The molecule has 112 valence electrons. The Kier molecular flexibility index (Phi) is 4.75. The van der Waals surface area contributed by atoms with Crippen LogP contribution in [0.2, 0.25) is 0 Å². The van der Waals surface area contributed by atoms with E-state index in [9.17, 15) is 9.90 Å². The molecule has 0 radical (unpaired) electrons. The lowest BCUT2D eigenvalue weighted by molar-refractivity contribution is 0.0896. The second kappa shape index (κ2) is 6.54. The van der Waals surface area contributed by atoms with Gasteiger partial charge in [0, 0.05) is 17.6 Å². The van der Waals surface area contributed by atoms with E-state index in [2.05, 4.69) is 10.3 Å². The van der Waals surface area contributed by atoms with Gasteiger partial charge in [0.05, 0.1) is 11.6 Å². The molecule has 4 N–H and O–H groups in total. The predicted octanol–water partition coefficient (Wildman–Crippen LogP) is 1.95. The lowest BCUT2D eigenvalue weighted by Crippen LogP contribution is -2.33. The van der Waals surface area contributed by atoms with E-state index >= 15 is 0 Å². The van der Waals surface area contributed by atoms with Crippen molar-refractivity contribution < 1.29 is 9.90 Å². The first-order chi connectivity index (χ1) is 9.97. The molecule has 1 atom stereocenters. The van der Waals surface area contributed by atoms with Gasteiger partial charge in [-0.25, -0.2) is 4.98 Å². The molecule has 2 aromatic rings. The molecule has 5 nitrogen and oxygen atoms in total. The van der Waals surface area contributed by atoms with Crippen molar-refractivity contribution in [3.8, 4) is 0 Å². The standard InChI is InChI=1S/C16H21N3O2/c1-10(2)7-11(20)9-18-16(21)15-8-13(17)12-5-3-4-6-14(12)19-15/h3-6,8,10-11,20H,7,9H2,1-2H3,(H2,17,19)(H,18,21). The molecule has 1 amide bonds. The zero-order valence-electron chi connectivity index (χ0n) is 12.3. The number of aliphatic hydroxyl groups excluding tert-OH is 1. The van der Waals surface area contributed by atoms with Gasteiger partial charge in [-0.1, -0.05) is 32.0 Å². The number of rotatable bonds is 5. The average molecular weight is 287 g/mol. The molecule has 1 heterocycles. The van der Waals surface area contributed by atoms with Gasteiger partial charge in [-0.2, -0.15) is 0 Å². The minimum Gasteiger partial charge on any atom is -0.398 e. The third-order valence-corrected chi connectivity index (χ3v) is 3.22. The molecule has 0 spiro atoms. The monoisotopic (exact) mass is 287 g/mol. The fourth-order valence-corrected chi connectivity index (χ4v) is 2.25. The number of para-hydroxylation sites is 1. The van der Waals surface area contributed by atoms with Gasteiger partial charge in [0.1, 0.15) is 5.69 Å². The Morgan fingerprint density at radius 3 is 2.81 bits per heavy atom. The SMILES string of the molecule is CC(C)CC(O)CNC(=O)c1cc(N)c2ccccc2n1. The van der Waals surface area contributed by atoms with E-state index in [1.54, 1.807) is 6.07 Å². The second-order valence-corrected chi connectivity index (χ2v) is 5.61. The summed E-state index contributed by atoms with van der Waals surface area (Å²) in [6.07, 6.45) is 0.0971. The van der Waals surface area contributed by atoms with Crippen molar-refractivity contribution in [2.45, 2.75) is 26.4 Å². The first kappa shape index (κ1) is 15.3. The van der Waals surface area contributed by atoms with Crippen LogP contribution in [0.5, 0.6) is 0 Å². The summed E-state index contributed by atoms with van der Waals surface area (Å²) < 4.78 is 0. The summed E-state index contributed by atoms with van der Waals surface area (Å²) >= 11 is 0. The number of carbonyl (C=O) groups excluding carboxylic acids is 1. The highest BCUT2D eigenvalue weighted by molar-refractivity contribution is 5.99. The molecule has 5 heteroatoms. The maximum Gasteiger partial charge on any atom is 0.270 e. The highest BCUT2D eigenvalue weighted by Crippen LogP contribution is 2.19. The van der Waals surface area contributed by atoms with Crippen LogP contribution in [0, 0.1) is 5.92 Å². The van der Waals surface area contributed by atoms with Crippen molar-refractivity contribution in [1.29, 1.82) is 0 Å². The Bertz CT molecular complexity index is 640. The Morgan fingerprint density at radius 2 is 2.10 bits per heavy atom. The molecule has 1 aromatic heterocycles. The van der Waals surface area contributed by atoms with Crippen LogP contribution in [0.3, 0.4) is 0 Å². The van der Waals surface area contributed by atoms with Crippen LogP contribution in [0.25, 0.3) is 10.9 Å². The molecule has 0 aliphatic rings. The summed E-state index contributed by atoms with van der Waals surface area (Å²) in [5.74, 6) is 0.0570. The second-order valence-electron chi connectivity index (χ2n) is 5.61. The number of nitrogens with one attached hydrogen (secondary N) is 1. The fourth-order valence-electron chi connectivity index (χ4n) is 2.25. The molecule has 2 rings (SSSR count). The molecule has 0 saturated carbocycles. The number of carbonyl (C=O) groups is 1. The highest BCUT2D eigenvalue weighted by atomic mass is 16.3. The van der Waals surface area contributed by atoms with Crippen LogP contribution in [-0.4, -0.2) is 28.6 Å². The molecular formula is C16H21N3O2. The van der Waals surface area contributed by atoms with Crippen molar-refractivity contribution in [1.82, 2.24) is 10.3 Å². The number of nitrogen functional groups attached to an aromatic ring is 1. The number of hydrogen-bond acceptors (Lipinski definition) is 4. The van der Waals surface area contributed by atoms with Crippen LogP contribution in [-0.2, 0) is 0 Å². The van der Waals surface area contributed by atoms with Crippen molar-refractivity contribution in [2.24, 2.45) is 5.92 Å². The number of aromatic nitrogens is 1. The van der Waals surface area contributed by atoms with E-state index in [1.165, 1.54) is 0 Å². The van der Waals surface area contributed by atoms with Crippen LogP contribution in [0.4, 0.5) is 5.69 Å². The number of nitrogens with zero attached hydrogens (tertiary/aromatic N) is 1. The molecule has 1 aromatic carbocycles. The maximum absolute atomic E-state index is 12.1. The van der Waals surface area contributed by atoms with E-state index in [4.69, 9.17) is 5.73 Å². The van der Waals surface area contributed by atoms with Gasteiger partial charge in [-0.15, -0.1) is 0 Å². The molecule has 21 heavy (non-hydrogen) atoms. The summed E-state index contributed by atoms with van der Waals surface area (Å²) in [5.41, 5.74) is 7.42. The molecular weight excluding hydrogens is 266 g/mol. The summed E-state index contributed by atoms with van der Waals surface area (Å²) in [6, 6.07) is 8.97. The van der Waals surface area contributed by atoms with E-state index in [-0.39, 0.29) is 18.1 Å². The quantitative estimate of drug-likeness (QED) is 0.784. The summed E-state index contributed by atoms with van der Waals surface area (Å²) in [7, 11) is 0. The van der Waals surface area contributed by atoms with Gasteiger partial charge in [0.15, 0.2) is 0 Å². The number of aliphatic hydroxyl groups is 1. The van der Waals surface area contributed by atoms with Crippen molar-refractivity contribution in [2.75, 3.05) is 12.3 Å². The third-order valence-electron chi connectivity index (χ3n) is 3.22. The van der Waals surface area contributed by atoms with Crippen molar-refractivity contribution in [3.63, 3.8) is 0 Å². The number of fused-ring (bicyclic) bond motifs is 1. The first-order valence-electron chi connectivity index (χ1n) is 7.09. The minimum atomic E-state index is -0.549. The van der Waals surface area contributed by atoms with Gasteiger partial charge >= 0.3 is 0 Å². The van der Waals surface area contributed by atoms with E-state index < -0.39 is 6.10 Å². The van der Waals surface area contributed by atoms with Crippen LogP contribution >= 0.6 is 0 Å². The summed E-state index contributed by atoms with van der Waals surface area (Å²) in [6.45, 7) is 4.26. The number of nitrogens with two attached hydrogens (primary N) is 1. The maximum atomic E-state index is 12.1. The van der Waals surface area contributed by atoms with E-state index in [0.717, 1.165) is 5.39 Å². The van der Waals surface area contributed by atoms with Gasteiger partial charge < -0.3 is 16.2 Å². The number of pyridine rings is 1. The van der Waals surface area contributed by atoms with E-state index in [1.807, 2.05) is 38.1 Å². The number of amides is 1. The van der Waals surface area contributed by atoms with Gasteiger partial charge in [0.25, 0.3) is 5.91 Å². The lowest BCUT2D eigenvalue weighted by atomic mass is 10.1. The highest BCUT2D eigenvalue weighted by Gasteiger charge is 2.13. The van der Waals surface area contributed by atoms with Gasteiger partial charge in [-0.05, 0) is 24.5 Å². The van der Waals surface area contributed by atoms with Crippen LogP contribution in [0.15, 0.2) is 30.3 Å². The number of anilines is 1. The van der Waals surface area contributed by atoms with Gasteiger partial charge in [0.2, 0.25) is 0 Å². The number of hydrogen-bond donors (Lipinski definition) is 3. The Labute approximate surface area is 124 Å². The molecule has 0 bridgehead atoms. The Balaban J connectivity index is 2.09. The normalized spacial score (nSPS) is 12.6. The lowest BCUT2D eigenvalue weighted by Gasteiger charge is -2.14. The molecule has 0 saturated heterocycles. The van der Waals surface area contributed by atoms with Crippen LogP contribution < -0.4 is 11.1 Å². The largest absolute Gasteiger partial charge is 0.398 e. The van der Waals surface area contributed by atoms with Crippen molar-refractivity contribution in [3.05, 3.63) is 36.0 Å². The molecule has 0 fully saturated rings. The number of benzene rings is 1. The van der Waals surface area contributed by atoms with Crippen LogP contribution in [0.1, 0.15) is 30.8 Å². The third kappa shape index (κ3) is 3.92. The first-order valence-corrected chi connectivity index (χ1v) is 7.09. The fraction of sp³-hybridized carbons (Fsp3) is 0.375. The summed E-state index contributed by atoms with van der Waals surface area (Å²) in [4.78, 5) is 16.4. The molecule has 0 aliphatic carbocycles. The molecule has 0 aliphatic heterocycles. The minimum absolute atomic E-state index is 0.214. The molecule has 1 unspecified atom stereocenters. The van der Waals surface area contributed by atoms with E-state index in [0.29, 0.717) is 23.5 Å². The summed E-state index contributed by atoms with van der Waals surface area (Å²) in [5, 5.41) is 13.3. The van der Waals surface area contributed by atoms with Crippen molar-refractivity contribution >= 4 is 22.5 Å². The average Bonchev–Trinajstić information content (AvgIpc) is 2.44. The topological polar surface area (TPSA) is 88.2 Å². The smallest absolute Gasteiger partial charge is 0.270 e. The predicted molar refractivity (Wildman–Crippen MR) is 84.0 cm³/mol. The zero-order chi connectivity index (χ0) is 15.4. The zero-order valence-corrected chi connectivity index (χ0v) is 12.3. The van der Waals surface area contributed by atoms with Gasteiger partial charge in [-0.3, -0.25) is 4.79 Å². The Morgan fingerprint density at radius 1 is 1.38 bits per heavy atom.